The fraction of sp³-hybridized carbons (Fsp3) is 0.765. The minimum absolute atomic E-state index is 0.387. The first-order valence-corrected chi connectivity index (χ1v) is 9.70. The maximum atomic E-state index is 3.67. The van der Waals surface area contributed by atoms with Crippen molar-refractivity contribution in [2.45, 2.75) is 47.1 Å². The quantitative estimate of drug-likeness (QED) is 0.619. The van der Waals surface area contributed by atoms with E-state index in [0.717, 1.165) is 32.1 Å². The van der Waals surface area contributed by atoms with Gasteiger partial charge in [0, 0.05) is 34.4 Å². The SMILES string of the molecule is CCC(CC)(CNCC(C)C)CN(C)Cc1cc(Br)cs1. The number of halogens is 1. The highest BCUT2D eigenvalue weighted by atomic mass is 79.9. The molecule has 0 fully saturated rings. The lowest BCUT2D eigenvalue weighted by Gasteiger charge is -2.36. The summed E-state index contributed by atoms with van der Waals surface area (Å²) in [4.78, 5) is 3.91. The van der Waals surface area contributed by atoms with Crippen molar-refractivity contribution in [3.8, 4) is 0 Å². The zero-order chi connectivity index (χ0) is 15.9. The normalized spacial score (nSPS) is 12.6. The Bertz CT molecular complexity index is 399. The lowest BCUT2D eigenvalue weighted by molar-refractivity contribution is 0.150. The standard InChI is InChI=1S/C17H31BrN2S/c1-6-17(7-2,12-19-9-14(3)4)13-20(5)10-16-8-15(18)11-21-16/h8,11,14,19H,6-7,9-10,12-13H2,1-5H3. The van der Waals surface area contributed by atoms with Gasteiger partial charge in [-0.2, -0.15) is 0 Å². The maximum Gasteiger partial charge on any atom is 0.0325 e. The molecule has 0 unspecified atom stereocenters. The molecule has 0 aromatic carbocycles. The molecule has 21 heavy (non-hydrogen) atoms. The Morgan fingerprint density at radius 1 is 1.33 bits per heavy atom. The maximum absolute atomic E-state index is 3.67. The highest BCUT2D eigenvalue weighted by molar-refractivity contribution is 9.10. The van der Waals surface area contributed by atoms with Gasteiger partial charge in [0.2, 0.25) is 0 Å². The van der Waals surface area contributed by atoms with E-state index in [0.29, 0.717) is 5.41 Å². The van der Waals surface area contributed by atoms with Crippen molar-refractivity contribution >= 4 is 27.3 Å². The third kappa shape index (κ3) is 6.81. The molecule has 0 bridgehead atoms. The zero-order valence-electron chi connectivity index (χ0n) is 14.2. The molecule has 4 heteroatoms. The summed E-state index contributed by atoms with van der Waals surface area (Å²) in [5.74, 6) is 0.720. The predicted octanol–water partition coefficient (Wildman–Crippen LogP) is 4.99. The smallest absolute Gasteiger partial charge is 0.0325 e. The van der Waals surface area contributed by atoms with Crippen LogP contribution in [0, 0.1) is 11.3 Å². The number of hydrogen-bond acceptors (Lipinski definition) is 3. The first kappa shape index (κ1) is 19.1. The van der Waals surface area contributed by atoms with E-state index in [4.69, 9.17) is 0 Å². The molecule has 0 aliphatic carbocycles. The highest BCUT2D eigenvalue weighted by Gasteiger charge is 2.27. The van der Waals surface area contributed by atoms with Crippen LogP contribution < -0.4 is 5.32 Å². The van der Waals surface area contributed by atoms with Crippen LogP contribution in [0.5, 0.6) is 0 Å². The third-order valence-corrected chi connectivity index (χ3v) is 5.89. The third-order valence-electron chi connectivity index (χ3n) is 4.21. The molecule has 0 saturated heterocycles. The molecule has 0 saturated carbocycles. The first-order valence-electron chi connectivity index (χ1n) is 8.03. The van der Waals surface area contributed by atoms with Crippen molar-refractivity contribution in [3.05, 3.63) is 20.8 Å². The van der Waals surface area contributed by atoms with Crippen LogP contribution in [0.3, 0.4) is 0 Å². The lowest BCUT2D eigenvalue weighted by atomic mass is 9.81. The molecule has 0 atom stereocenters. The van der Waals surface area contributed by atoms with Crippen molar-refractivity contribution in [3.63, 3.8) is 0 Å². The highest BCUT2D eigenvalue weighted by Crippen LogP contribution is 2.28. The molecule has 0 amide bonds. The van der Waals surface area contributed by atoms with Crippen LogP contribution in [0.15, 0.2) is 15.9 Å². The van der Waals surface area contributed by atoms with Crippen LogP contribution in [0.25, 0.3) is 0 Å². The van der Waals surface area contributed by atoms with Crippen LogP contribution in [0.1, 0.15) is 45.4 Å². The summed E-state index contributed by atoms with van der Waals surface area (Å²) < 4.78 is 1.20. The van der Waals surface area contributed by atoms with Crippen molar-refractivity contribution in [2.75, 3.05) is 26.7 Å². The second-order valence-corrected chi connectivity index (χ2v) is 8.55. The Hall–Kier alpha value is 0.1000. The van der Waals surface area contributed by atoms with Gasteiger partial charge in [-0.05, 0) is 59.8 Å². The van der Waals surface area contributed by atoms with E-state index in [1.165, 1.54) is 22.2 Å². The van der Waals surface area contributed by atoms with Gasteiger partial charge in [-0.25, -0.2) is 0 Å². The minimum Gasteiger partial charge on any atom is -0.316 e. The van der Waals surface area contributed by atoms with E-state index in [9.17, 15) is 0 Å². The number of thiophene rings is 1. The number of rotatable bonds is 10. The lowest BCUT2D eigenvalue weighted by Crippen LogP contribution is -2.43. The van der Waals surface area contributed by atoms with E-state index in [-0.39, 0.29) is 0 Å². The van der Waals surface area contributed by atoms with E-state index in [2.05, 4.69) is 72.3 Å². The fourth-order valence-corrected chi connectivity index (χ4v) is 4.27. The Labute approximate surface area is 143 Å². The van der Waals surface area contributed by atoms with Gasteiger partial charge in [0.15, 0.2) is 0 Å². The summed E-state index contributed by atoms with van der Waals surface area (Å²) in [5, 5.41) is 5.84. The van der Waals surface area contributed by atoms with Crippen LogP contribution in [0.2, 0.25) is 0 Å². The Balaban J connectivity index is 2.54. The number of hydrogen-bond donors (Lipinski definition) is 1. The second-order valence-electron chi connectivity index (χ2n) is 6.64. The number of nitrogens with one attached hydrogen (secondary N) is 1. The largest absolute Gasteiger partial charge is 0.316 e. The average Bonchev–Trinajstić information content (AvgIpc) is 2.82. The van der Waals surface area contributed by atoms with Gasteiger partial charge in [0.1, 0.15) is 0 Å². The molecular weight excluding hydrogens is 344 g/mol. The molecule has 0 aliphatic heterocycles. The number of nitrogens with zero attached hydrogens (tertiary/aromatic N) is 1. The molecule has 0 aliphatic rings. The van der Waals surface area contributed by atoms with Crippen LogP contribution in [-0.4, -0.2) is 31.6 Å². The van der Waals surface area contributed by atoms with Gasteiger partial charge in [-0.3, -0.25) is 0 Å². The van der Waals surface area contributed by atoms with Gasteiger partial charge in [-0.15, -0.1) is 11.3 Å². The summed E-state index contributed by atoms with van der Waals surface area (Å²) in [7, 11) is 2.25. The molecule has 2 nitrogen and oxygen atoms in total. The van der Waals surface area contributed by atoms with E-state index < -0.39 is 0 Å². The van der Waals surface area contributed by atoms with E-state index in [1.54, 1.807) is 0 Å². The van der Waals surface area contributed by atoms with Gasteiger partial charge in [-0.1, -0.05) is 27.7 Å². The predicted molar refractivity (Wildman–Crippen MR) is 99.1 cm³/mol. The van der Waals surface area contributed by atoms with E-state index >= 15 is 0 Å². The van der Waals surface area contributed by atoms with Crippen molar-refractivity contribution < 1.29 is 0 Å². The summed E-state index contributed by atoms with van der Waals surface area (Å²) in [6.07, 6.45) is 2.46. The van der Waals surface area contributed by atoms with Crippen LogP contribution >= 0.6 is 27.3 Å². The molecular formula is C17H31BrN2S. The zero-order valence-corrected chi connectivity index (χ0v) is 16.6. The average molecular weight is 375 g/mol. The Kier molecular flexibility index (Phi) is 8.47. The second kappa shape index (κ2) is 9.29. The summed E-state index contributed by atoms with van der Waals surface area (Å²) in [5.41, 5.74) is 0.387. The molecule has 0 spiro atoms. The van der Waals surface area contributed by atoms with E-state index in [1.807, 2.05) is 11.3 Å². The van der Waals surface area contributed by atoms with Crippen molar-refractivity contribution in [1.82, 2.24) is 10.2 Å². The van der Waals surface area contributed by atoms with Crippen molar-refractivity contribution in [1.29, 1.82) is 0 Å². The first-order chi connectivity index (χ1) is 9.90. The fourth-order valence-electron chi connectivity index (χ4n) is 2.74. The summed E-state index contributed by atoms with van der Waals surface area (Å²) in [6, 6.07) is 2.23. The molecule has 0 radical (unpaired) electrons. The molecule has 1 heterocycles. The molecule has 1 aromatic heterocycles. The van der Waals surface area contributed by atoms with Gasteiger partial charge >= 0.3 is 0 Å². The van der Waals surface area contributed by atoms with Crippen LogP contribution in [-0.2, 0) is 6.54 Å². The minimum atomic E-state index is 0.387. The molecule has 1 N–H and O–H groups in total. The van der Waals surface area contributed by atoms with Gasteiger partial charge in [0.25, 0.3) is 0 Å². The summed E-state index contributed by atoms with van der Waals surface area (Å²) in [6.45, 7) is 13.6. The van der Waals surface area contributed by atoms with Gasteiger partial charge < -0.3 is 10.2 Å². The topological polar surface area (TPSA) is 15.3 Å². The molecule has 1 rings (SSSR count). The van der Waals surface area contributed by atoms with Crippen LogP contribution in [0.4, 0.5) is 0 Å². The summed E-state index contributed by atoms with van der Waals surface area (Å²) >= 11 is 5.38. The Morgan fingerprint density at radius 2 is 2.00 bits per heavy atom. The van der Waals surface area contributed by atoms with Gasteiger partial charge in [0.05, 0.1) is 0 Å². The molecule has 122 valence electrons. The Morgan fingerprint density at radius 3 is 2.48 bits per heavy atom. The van der Waals surface area contributed by atoms with Crippen molar-refractivity contribution in [2.24, 2.45) is 11.3 Å². The monoisotopic (exact) mass is 374 g/mol. The molecule has 1 aromatic rings.